The molecule has 1 N–H and O–H groups in total. The molecule has 2 aromatic carbocycles. The van der Waals surface area contributed by atoms with Gasteiger partial charge >= 0.3 is 6.18 Å². The molecule has 11 heteroatoms. The lowest BCUT2D eigenvalue weighted by Gasteiger charge is -2.23. The highest BCUT2D eigenvalue weighted by Crippen LogP contribution is 2.34. The molecule has 0 unspecified atom stereocenters. The molecular formula is C23H24F3N5O3. The van der Waals surface area contributed by atoms with Crippen LogP contribution in [0.4, 0.5) is 13.2 Å². The number of aromatic nitrogens is 4. The van der Waals surface area contributed by atoms with E-state index in [1.54, 1.807) is 0 Å². The average molecular weight is 475 g/mol. The molecule has 0 fully saturated rings. The number of halogens is 3. The molecule has 0 saturated carbocycles. The van der Waals surface area contributed by atoms with Crippen molar-refractivity contribution in [2.75, 3.05) is 13.2 Å². The number of hydrogen-bond acceptors (Lipinski definition) is 6. The van der Waals surface area contributed by atoms with Gasteiger partial charge in [0.05, 0.1) is 24.8 Å². The number of nitrogens with zero attached hydrogens (tertiary/aromatic N) is 4. The van der Waals surface area contributed by atoms with Gasteiger partial charge in [0.15, 0.2) is 11.5 Å². The lowest BCUT2D eigenvalue weighted by molar-refractivity contribution is -0.137. The number of nitrogens with one attached hydrogen (secondary N) is 1. The van der Waals surface area contributed by atoms with Crippen molar-refractivity contribution >= 4 is 5.91 Å². The van der Waals surface area contributed by atoms with E-state index in [-0.39, 0.29) is 35.8 Å². The number of alkyl halides is 3. The van der Waals surface area contributed by atoms with Crippen LogP contribution in [0.3, 0.4) is 0 Å². The largest absolute Gasteiger partial charge is 0.490 e. The van der Waals surface area contributed by atoms with Crippen molar-refractivity contribution in [3.63, 3.8) is 0 Å². The molecule has 1 atom stereocenters. The van der Waals surface area contributed by atoms with Crippen molar-refractivity contribution in [1.29, 1.82) is 0 Å². The number of fused-ring (bicyclic) bond motifs is 1. The van der Waals surface area contributed by atoms with Crippen LogP contribution in [0.5, 0.6) is 11.5 Å². The Hall–Kier alpha value is -3.63. The number of carbonyl (C=O) groups is 1. The third-order valence-corrected chi connectivity index (χ3v) is 5.30. The average Bonchev–Trinajstić information content (AvgIpc) is 3.12. The second-order valence-corrected chi connectivity index (χ2v) is 8.27. The summed E-state index contributed by atoms with van der Waals surface area (Å²) >= 11 is 0. The zero-order chi connectivity index (χ0) is 24.3. The molecule has 1 aliphatic rings. The highest BCUT2D eigenvalue weighted by Gasteiger charge is 2.31. The van der Waals surface area contributed by atoms with E-state index in [1.165, 1.54) is 12.1 Å². The summed E-state index contributed by atoms with van der Waals surface area (Å²) in [5.74, 6) is 1.02. The van der Waals surface area contributed by atoms with E-state index < -0.39 is 11.7 Å². The first kappa shape index (κ1) is 23.5. The van der Waals surface area contributed by atoms with Gasteiger partial charge in [0.1, 0.15) is 6.54 Å². The van der Waals surface area contributed by atoms with E-state index in [0.29, 0.717) is 24.7 Å². The zero-order valence-corrected chi connectivity index (χ0v) is 18.7. The van der Waals surface area contributed by atoms with Crippen molar-refractivity contribution in [3.05, 3.63) is 53.6 Å². The van der Waals surface area contributed by atoms with Crippen LogP contribution in [-0.4, -0.2) is 39.3 Å². The maximum Gasteiger partial charge on any atom is 0.416 e. The molecule has 1 aliphatic heterocycles. The van der Waals surface area contributed by atoms with Gasteiger partial charge in [-0.3, -0.25) is 4.79 Å². The van der Waals surface area contributed by atoms with E-state index in [2.05, 4.69) is 20.7 Å². The van der Waals surface area contributed by atoms with Gasteiger partial charge in [-0.05, 0) is 41.0 Å². The van der Waals surface area contributed by atoms with Crippen LogP contribution in [0, 0.1) is 5.92 Å². The number of rotatable bonds is 6. The van der Waals surface area contributed by atoms with E-state index >= 15 is 0 Å². The first-order valence-electron chi connectivity index (χ1n) is 10.8. The Balaban J connectivity index is 1.46. The Kier molecular flexibility index (Phi) is 6.71. The van der Waals surface area contributed by atoms with Crippen molar-refractivity contribution in [3.8, 4) is 22.9 Å². The quantitative estimate of drug-likeness (QED) is 0.579. The number of hydrogen-bond donors (Lipinski definition) is 1. The van der Waals surface area contributed by atoms with Crippen LogP contribution in [0.2, 0.25) is 0 Å². The summed E-state index contributed by atoms with van der Waals surface area (Å²) in [5.41, 5.74) is 0.214. The summed E-state index contributed by atoms with van der Waals surface area (Å²) in [6.45, 7) is 4.87. The Morgan fingerprint density at radius 3 is 2.62 bits per heavy atom. The van der Waals surface area contributed by atoms with Crippen LogP contribution >= 0.6 is 0 Å². The van der Waals surface area contributed by atoms with Gasteiger partial charge in [-0.15, -0.1) is 10.2 Å². The Bertz CT molecular complexity index is 1160. The fourth-order valence-electron chi connectivity index (χ4n) is 3.62. The molecule has 2 heterocycles. The van der Waals surface area contributed by atoms with Crippen LogP contribution in [0.25, 0.3) is 11.4 Å². The van der Waals surface area contributed by atoms with Gasteiger partial charge < -0.3 is 14.8 Å². The molecule has 1 aromatic heterocycles. The summed E-state index contributed by atoms with van der Waals surface area (Å²) in [6, 6.07) is 9.91. The van der Waals surface area contributed by atoms with Gasteiger partial charge in [-0.2, -0.15) is 18.0 Å². The Morgan fingerprint density at radius 2 is 1.88 bits per heavy atom. The molecule has 0 radical (unpaired) electrons. The molecule has 34 heavy (non-hydrogen) atoms. The molecule has 0 bridgehead atoms. The summed E-state index contributed by atoms with van der Waals surface area (Å²) in [5, 5.41) is 14.6. The maximum absolute atomic E-state index is 13.0. The van der Waals surface area contributed by atoms with Gasteiger partial charge in [0.2, 0.25) is 11.7 Å². The molecular weight excluding hydrogens is 451 g/mol. The van der Waals surface area contributed by atoms with Gasteiger partial charge in [0, 0.05) is 12.0 Å². The van der Waals surface area contributed by atoms with E-state index in [0.717, 1.165) is 28.9 Å². The predicted octanol–water partition coefficient (Wildman–Crippen LogP) is 4.03. The second kappa shape index (κ2) is 9.70. The lowest BCUT2D eigenvalue weighted by atomic mass is 9.95. The minimum atomic E-state index is -4.48. The first-order valence-corrected chi connectivity index (χ1v) is 10.8. The number of benzene rings is 2. The molecule has 180 valence electrons. The van der Waals surface area contributed by atoms with Gasteiger partial charge in [0.25, 0.3) is 0 Å². The summed E-state index contributed by atoms with van der Waals surface area (Å²) in [4.78, 5) is 13.8. The van der Waals surface area contributed by atoms with Crippen LogP contribution in [0.15, 0.2) is 42.5 Å². The Morgan fingerprint density at radius 1 is 1.12 bits per heavy atom. The maximum atomic E-state index is 13.0. The normalized spacial score (nSPS) is 14.5. The summed E-state index contributed by atoms with van der Waals surface area (Å²) in [7, 11) is 0. The van der Waals surface area contributed by atoms with Crippen molar-refractivity contribution in [2.24, 2.45) is 5.92 Å². The molecule has 1 amide bonds. The molecule has 0 aliphatic carbocycles. The van der Waals surface area contributed by atoms with Crippen LogP contribution in [-0.2, 0) is 17.5 Å². The SMILES string of the molecule is CC(C)[C@H](NC(=O)Cn1nnc(-c2cccc(C(F)(F)F)c2)n1)c1ccc2c(c1)OCCCO2. The molecule has 4 rings (SSSR count). The van der Waals surface area contributed by atoms with Gasteiger partial charge in [-0.1, -0.05) is 32.0 Å². The number of ether oxygens (including phenoxy) is 2. The number of carbonyl (C=O) groups excluding carboxylic acids is 1. The third kappa shape index (κ3) is 5.46. The van der Waals surface area contributed by atoms with Gasteiger partial charge in [-0.25, -0.2) is 0 Å². The lowest BCUT2D eigenvalue weighted by Crippen LogP contribution is -2.34. The van der Waals surface area contributed by atoms with Crippen molar-refractivity contribution in [2.45, 2.75) is 39.0 Å². The monoisotopic (exact) mass is 475 g/mol. The molecule has 8 nitrogen and oxygen atoms in total. The number of tetrazole rings is 1. The standard InChI is InChI=1S/C23H24F3N5O3/c1-14(2)21(15-7-8-18-19(12-15)34-10-4-9-33-18)27-20(32)13-31-29-22(28-30-31)16-5-3-6-17(11-16)23(24,25)26/h3,5-8,11-12,14,21H,4,9-10,13H2,1-2H3,(H,27,32)/t21-/m0/s1. The molecule has 0 spiro atoms. The highest BCUT2D eigenvalue weighted by atomic mass is 19.4. The topological polar surface area (TPSA) is 91.2 Å². The van der Waals surface area contributed by atoms with Crippen molar-refractivity contribution in [1.82, 2.24) is 25.5 Å². The van der Waals surface area contributed by atoms with E-state index in [4.69, 9.17) is 9.47 Å². The number of amides is 1. The summed E-state index contributed by atoms with van der Waals surface area (Å²) < 4.78 is 50.3. The minimum absolute atomic E-state index is 0.00205. The predicted molar refractivity (Wildman–Crippen MR) is 116 cm³/mol. The smallest absolute Gasteiger partial charge is 0.416 e. The van der Waals surface area contributed by atoms with E-state index in [1.807, 2.05) is 32.0 Å². The van der Waals surface area contributed by atoms with Crippen LogP contribution in [0.1, 0.15) is 37.4 Å². The highest BCUT2D eigenvalue weighted by molar-refractivity contribution is 5.76. The van der Waals surface area contributed by atoms with E-state index in [9.17, 15) is 18.0 Å². The fourth-order valence-corrected chi connectivity index (χ4v) is 3.62. The zero-order valence-electron chi connectivity index (χ0n) is 18.7. The minimum Gasteiger partial charge on any atom is -0.490 e. The van der Waals surface area contributed by atoms with Crippen LogP contribution < -0.4 is 14.8 Å². The first-order chi connectivity index (χ1) is 16.2. The Labute approximate surface area is 194 Å². The molecule has 3 aromatic rings. The second-order valence-electron chi connectivity index (χ2n) is 8.27. The third-order valence-electron chi connectivity index (χ3n) is 5.30. The fraction of sp³-hybridized carbons (Fsp3) is 0.391. The molecule has 0 saturated heterocycles. The summed E-state index contributed by atoms with van der Waals surface area (Å²) in [6.07, 6.45) is -3.69. The van der Waals surface area contributed by atoms with Crippen molar-refractivity contribution < 1.29 is 27.4 Å².